The van der Waals surface area contributed by atoms with Gasteiger partial charge in [0.05, 0.1) is 16.8 Å². The van der Waals surface area contributed by atoms with Gasteiger partial charge >= 0.3 is 5.97 Å². The molecule has 1 aromatic rings. The van der Waals surface area contributed by atoms with E-state index in [1.54, 1.807) is 11.3 Å². The Morgan fingerprint density at radius 1 is 1.53 bits per heavy atom. The van der Waals surface area contributed by atoms with Crippen LogP contribution in [0, 0.1) is 5.92 Å². The predicted octanol–water partition coefficient (Wildman–Crippen LogP) is 3.68. The normalized spacial score (nSPS) is 14.9. The van der Waals surface area contributed by atoms with Gasteiger partial charge in [-0.2, -0.15) is 0 Å². The lowest BCUT2D eigenvalue weighted by Gasteiger charge is -2.21. The monoisotopic (exact) mass is 345 g/mol. The Bertz CT molecular complexity index is 417. The summed E-state index contributed by atoms with van der Waals surface area (Å²) in [6.07, 6.45) is 3.17. The van der Waals surface area contributed by atoms with Crippen LogP contribution in [0.4, 0.5) is 0 Å². The second-order valence-electron chi connectivity index (χ2n) is 4.94. The van der Waals surface area contributed by atoms with Gasteiger partial charge in [0, 0.05) is 24.5 Å². The maximum atomic E-state index is 11.5. The van der Waals surface area contributed by atoms with Crippen LogP contribution in [-0.4, -0.2) is 30.6 Å². The first kappa shape index (κ1) is 15.0. The van der Waals surface area contributed by atoms with Crippen LogP contribution in [-0.2, 0) is 16.1 Å². The van der Waals surface area contributed by atoms with E-state index in [2.05, 4.69) is 33.0 Å². The zero-order chi connectivity index (χ0) is 13.7. The average Bonchev–Trinajstić information content (AvgIpc) is 3.09. The molecule has 1 saturated carbocycles. The van der Waals surface area contributed by atoms with Crippen LogP contribution in [0.15, 0.2) is 15.9 Å². The van der Waals surface area contributed by atoms with E-state index >= 15 is 0 Å². The molecule has 0 N–H and O–H groups in total. The summed E-state index contributed by atoms with van der Waals surface area (Å²) < 4.78 is 6.16. The second-order valence-corrected chi connectivity index (χ2v) is 7.49. The maximum absolute atomic E-state index is 11.5. The Kier molecular flexibility index (Phi) is 5.85. The highest BCUT2D eigenvalue weighted by atomic mass is 79.9. The van der Waals surface area contributed by atoms with E-state index in [-0.39, 0.29) is 5.97 Å². The first-order valence-electron chi connectivity index (χ1n) is 6.79. The molecule has 0 unspecified atom stereocenters. The second kappa shape index (κ2) is 7.41. The van der Waals surface area contributed by atoms with Crippen molar-refractivity contribution in [2.75, 3.05) is 19.7 Å². The molecule has 0 aromatic carbocycles. The fourth-order valence-corrected chi connectivity index (χ4v) is 3.57. The Morgan fingerprint density at radius 2 is 2.32 bits per heavy atom. The molecule has 0 atom stereocenters. The Hall–Kier alpha value is -0.390. The molecule has 3 nitrogen and oxygen atoms in total. The molecule has 0 saturated heterocycles. The number of carbonyl (C=O) groups excluding carboxylic acids is 1. The van der Waals surface area contributed by atoms with Gasteiger partial charge in [0.25, 0.3) is 0 Å². The van der Waals surface area contributed by atoms with Crippen LogP contribution in [0.5, 0.6) is 0 Å². The third-order valence-electron chi connectivity index (χ3n) is 3.16. The summed E-state index contributed by atoms with van der Waals surface area (Å²) in [5.74, 6) is 0.751. The summed E-state index contributed by atoms with van der Waals surface area (Å²) in [7, 11) is 0. The van der Waals surface area contributed by atoms with Crippen LogP contribution in [0.1, 0.15) is 31.1 Å². The van der Waals surface area contributed by atoms with Gasteiger partial charge in [-0.1, -0.05) is 0 Å². The molecule has 106 valence electrons. The summed E-state index contributed by atoms with van der Waals surface area (Å²) in [4.78, 5) is 15.2. The SMILES string of the molecule is CCOC(=O)CCN(Cc1ccc(Br)s1)CC1CC1. The first-order chi connectivity index (χ1) is 9.17. The Morgan fingerprint density at radius 3 is 2.89 bits per heavy atom. The lowest BCUT2D eigenvalue weighted by molar-refractivity contribution is -0.143. The van der Waals surface area contributed by atoms with Crippen molar-refractivity contribution in [1.82, 2.24) is 4.90 Å². The van der Waals surface area contributed by atoms with Crippen molar-refractivity contribution in [3.8, 4) is 0 Å². The Balaban J connectivity index is 1.82. The molecule has 1 fully saturated rings. The molecule has 0 amide bonds. The number of thiophene rings is 1. The molecule has 1 aliphatic rings. The summed E-state index contributed by atoms with van der Waals surface area (Å²) >= 11 is 5.26. The van der Waals surface area contributed by atoms with Crippen molar-refractivity contribution in [2.45, 2.75) is 32.7 Å². The molecule has 0 bridgehead atoms. The molecule has 1 aliphatic carbocycles. The van der Waals surface area contributed by atoms with E-state index in [4.69, 9.17) is 4.74 Å². The number of halogens is 1. The minimum absolute atomic E-state index is 0.0874. The zero-order valence-electron chi connectivity index (χ0n) is 11.2. The van der Waals surface area contributed by atoms with Crippen molar-refractivity contribution >= 4 is 33.2 Å². The van der Waals surface area contributed by atoms with Crippen molar-refractivity contribution in [3.05, 3.63) is 20.8 Å². The van der Waals surface area contributed by atoms with Crippen LogP contribution >= 0.6 is 27.3 Å². The van der Waals surface area contributed by atoms with Crippen LogP contribution in [0.25, 0.3) is 0 Å². The van der Waals surface area contributed by atoms with E-state index in [1.807, 2.05) is 6.92 Å². The number of ether oxygens (including phenoxy) is 1. The van der Waals surface area contributed by atoms with E-state index in [9.17, 15) is 4.79 Å². The van der Waals surface area contributed by atoms with Crippen molar-refractivity contribution in [3.63, 3.8) is 0 Å². The lowest BCUT2D eigenvalue weighted by atomic mass is 10.3. The van der Waals surface area contributed by atoms with Gasteiger partial charge in [-0.05, 0) is 53.7 Å². The molecular formula is C14H20BrNO2S. The van der Waals surface area contributed by atoms with Crippen LogP contribution in [0.3, 0.4) is 0 Å². The van der Waals surface area contributed by atoms with Crippen molar-refractivity contribution < 1.29 is 9.53 Å². The summed E-state index contributed by atoms with van der Waals surface area (Å²) in [5.41, 5.74) is 0. The molecule has 0 radical (unpaired) electrons. The third kappa shape index (κ3) is 5.63. The molecule has 5 heteroatoms. The quantitative estimate of drug-likeness (QED) is 0.673. The van der Waals surface area contributed by atoms with Gasteiger partial charge in [-0.25, -0.2) is 0 Å². The molecular weight excluding hydrogens is 326 g/mol. The van der Waals surface area contributed by atoms with Crippen LogP contribution < -0.4 is 0 Å². The van der Waals surface area contributed by atoms with Gasteiger partial charge in [-0.15, -0.1) is 11.3 Å². The number of rotatable bonds is 8. The van der Waals surface area contributed by atoms with Crippen molar-refractivity contribution in [2.24, 2.45) is 5.92 Å². The standard InChI is InChI=1S/C14H20BrNO2S/c1-2-18-14(17)7-8-16(9-11-3-4-11)10-12-5-6-13(15)19-12/h5-6,11H,2-4,7-10H2,1H3. The molecule has 0 aliphatic heterocycles. The topological polar surface area (TPSA) is 29.5 Å². The van der Waals surface area contributed by atoms with Crippen LogP contribution in [0.2, 0.25) is 0 Å². The largest absolute Gasteiger partial charge is 0.466 e. The maximum Gasteiger partial charge on any atom is 0.307 e. The third-order valence-corrected chi connectivity index (χ3v) is 4.77. The van der Waals surface area contributed by atoms with Gasteiger partial charge < -0.3 is 4.74 Å². The minimum Gasteiger partial charge on any atom is -0.466 e. The van der Waals surface area contributed by atoms with Gasteiger partial charge in [0.1, 0.15) is 0 Å². The number of hydrogen-bond donors (Lipinski definition) is 0. The smallest absolute Gasteiger partial charge is 0.307 e. The molecule has 1 heterocycles. The summed E-state index contributed by atoms with van der Waals surface area (Å²) in [5, 5.41) is 0. The van der Waals surface area contributed by atoms with E-state index in [1.165, 1.54) is 21.5 Å². The highest BCUT2D eigenvalue weighted by molar-refractivity contribution is 9.11. The fourth-order valence-electron chi connectivity index (χ4n) is 2.04. The Labute approximate surface area is 127 Å². The first-order valence-corrected chi connectivity index (χ1v) is 8.40. The number of carbonyl (C=O) groups is 1. The van der Waals surface area contributed by atoms with Gasteiger partial charge in [-0.3, -0.25) is 9.69 Å². The van der Waals surface area contributed by atoms with E-state index < -0.39 is 0 Å². The molecule has 0 spiro atoms. The zero-order valence-corrected chi connectivity index (χ0v) is 13.6. The van der Waals surface area contributed by atoms with E-state index in [0.29, 0.717) is 13.0 Å². The lowest BCUT2D eigenvalue weighted by Crippen LogP contribution is -2.28. The minimum atomic E-state index is -0.0874. The van der Waals surface area contributed by atoms with Gasteiger partial charge in [0.15, 0.2) is 0 Å². The number of nitrogens with zero attached hydrogens (tertiary/aromatic N) is 1. The number of esters is 1. The number of hydrogen-bond acceptors (Lipinski definition) is 4. The predicted molar refractivity (Wildman–Crippen MR) is 81.3 cm³/mol. The highest BCUT2D eigenvalue weighted by Gasteiger charge is 2.24. The molecule has 2 rings (SSSR count). The van der Waals surface area contributed by atoms with Crippen molar-refractivity contribution in [1.29, 1.82) is 0 Å². The summed E-state index contributed by atoms with van der Waals surface area (Å²) in [6.45, 7) is 5.16. The molecule has 19 heavy (non-hydrogen) atoms. The fraction of sp³-hybridized carbons (Fsp3) is 0.643. The highest BCUT2D eigenvalue weighted by Crippen LogP contribution is 2.31. The average molecular weight is 346 g/mol. The molecule has 1 aromatic heterocycles. The summed E-state index contributed by atoms with van der Waals surface area (Å²) in [6, 6.07) is 4.24. The van der Waals surface area contributed by atoms with Gasteiger partial charge in [0.2, 0.25) is 0 Å². The van der Waals surface area contributed by atoms with E-state index in [0.717, 1.165) is 25.6 Å².